The van der Waals surface area contributed by atoms with Gasteiger partial charge in [0.25, 0.3) is 0 Å². The molecule has 0 spiro atoms. The molecule has 1 N–H and O–H groups in total. The van der Waals surface area contributed by atoms with Gasteiger partial charge in [0.2, 0.25) is 5.91 Å². The number of hydrogen-bond acceptors (Lipinski definition) is 2. The average molecular weight is 222 g/mol. The first-order chi connectivity index (χ1) is 7.86. The van der Waals surface area contributed by atoms with E-state index in [9.17, 15) is 4.79 Å². The highest BCUT2D eigenvalue weighted by Gasteiger charge is 2.17. The molecule has 90 valence electrons. The van der Waals surface area contributed by atoms with Crippen LogP contribution in [-0.2, 0) is 4.79 Å². The molecule has 0 unspecified atom stereocenters. The Balaban J connectivity index is 1.83. The number of nitrogens with zero attached hydrogens (tertiary/aromatic N) is 1. The molecule has 0 aromatic rings. The third kappa shape index (κ3) is 3.34. The Morgan fingerprint density at radius 1 is 1.25 bits per heavy atom. The molecule has 16 heavy (non-hydrogen) atoms. The van der Waals surface area contributed by atoms with E-state index < -0.39 is 0 Å². The van der Waals surface area contributed by atoms with Crippen molar-refractivity contribution < 1.29 is 4.79 Å². The maximum Gasteiger partial charge on any atom is 0.226 e. The van der Waals surface area contributed by atoms with E-state index in [1.54, 1.807) is 0 Å². The number of allylic oxidation sites excluding steroid dienone is 1. The summed E-state index contributed by atoms with van der Waals surface area (Å²) in [5.41, 5.74) is 1.37. The number of carbonyl (C=O) groups is 1. The van der Waals surface area contributed by atoms with E-state index in [0.717, 1.165) is 39.0 Å². The topological polar surface area (TPSA) is 32.3 Å². The standard InChI is InChI=1S/C13H22N2O/c16-13(11-12-5-2-1-3-6-12)15-9-4-7-14-8-10-15/h5,14H,1-4,6-11H2. The summed E-state index contributed by atoms with van der Waals surface area (Å²) in [4.78, 5) is 14.1. The molecule has 3 nitrogen and oxygen atoms in total. The fourth-order valence-electron chi connectivity index (χ4n) is 2.47. The molecule has 1 heterocycles. The molecular weight excluding hydrogens is 200 g/mol. The third-order valence-electron chi connectivity index (χ3n) is 3.46. The van der Waals surface area contributed by atoms with Crippen molar-refractivity contribution in [2.75, 3.05) is 26.2 Å². The van der Waals surface area contributed by atoms with Gasteiger partial charge in [0.15, 0.2) is 0 Å². The molecule has 1 saturated heterocycles. The number of nitrogens with one attached hydrogen (secondary N) is 1. The summed E-state index contributed by atoms with van der Waals surface area (Å²) in [6, 6.07) is 0. The highest BCUT2D eigenvalue weighted by atomic mass is 16.2. The molecule has 1 aliphatic carbocycles. The fraction of sp³-hybridized carbons (Fsp3) is 0.769. The Hall–Kier alpha value is -0.830. The molecule has 1 fully saturated rings. The molecule has 0 atom stereocenters. The molecule has 3 heteroatoms. The van der Waals surface area contributed by atoms with Crippen molar-refractivity contribution >= 4 is 5.91 Å². The molecule has 0 radical (unpaired) electrons. The van der Waals surface area contributed by atoms with Crippen LogP contribution in [0.5, 0.6) is 0 Å². The summed E-state index contributed by atoms with van der Waals surface area (Å²) in [5, 5.41) is 3.33. The molecule has 0 saturated carbocycles. The van der Waals surface area contributed by atoms with Gasteiger partial charge in [-0.25, -0.2) is 0 Å². The van der Waals surface area contributed by atoms with Crippen molar-refractivity contribution in [3.63, 3.8) is 0 Å². The van der Waals surface area contributed by atoms with E-state index in [1.165, 1.54) is 24.8 Å². The van der Waals surface area contributed by atoms with Crippen molar-refractivity contribution in [3.05, 3.63) is 11.6 Å². The van der Waals surface area contributed by atoms with Gasteiger partial charge in [-0.15, -0.1) is 0 Å². The Kier molecular flexibility index (Phi) is 4.40. The number of hydrogen-bond donors (Lipinski definition) is 1. The predicted octanol–water partition coefficient (Wildman–Crippen LogP) is 1.70. The van der Waals surface area contributed by atoms with Crippen molar-refractivity contribution in [3.8, 4) is 0 Å². The molecule has 2 aliphatic rings. The maximum atomic E-state index is 12.1. The van der Waals surface area contributed by atoms with Gasteiger partial charge in [0.1, 0.15) is 0 Å². The van der Waals surface area contributed by atoms with E-state index in [1.807, 2.05) is 4.90 Å². The van der Waals surface area contributed by atoms with Crippen molar-refractivity contribution in [1.82, 2.24) is 10.2 Å². The van der Waals surface area contributed by atoms with Gasteiger partial charge < -0.3 is 10.2 Å². The quantitative estimate of drug-likeness (QED) is 0.721. The largest absolute Gasteiger partial charge is 0.341 e. The lowest BCUT2D eigenvalue weighted by molar-refractivity contribution is -0.130. The number of rotatable bonds is 2. The first-order valence-electron chi connectivity index (χ1n) is 6.52. The summed E-state index contributed by atoms with van der Waals surface area (Å²) in [5.74, 6) is 0.330. The average Bonchev–Trinajstić information content (AvgIpc) is 2.59. The lowest BCUT2D eigenvalue weighted by atomic mass is 9.97. The smallest absolute Gasteiger partial charge is 0.226 e. The Bertz CT molecular complexity index is 265. The first kappa shape index (κ1) is 11.6. The van der Waals surface area contributed by atoms with Crippen LogP contribution in [0.25, 0.3) is 0 Å². The van der Waals surface area contributed by atoms with Crippen LogP contribution in [0.2, 0.25) is 0 Å². The SMILES string of the molecule is O=C(CC1=CCCCC1)N1CCCNCC1. The fourth-order valence-corrected chi connectivity index (χ4v) is 2.47. The van der Waals surface area contributed by atoms with E-state index in [2.05, 4.69) is 11.4 Å². The van der Waals surface area contributed by atoms with Crippen LogP contribution in [0.15, 0.2) is 11.6 Å². The second-order valence-corrected chi connectivity index (χ2v) is 4.77. The Morgan fingerprint density at radius 2 is 2.19 bits per heavy atom. The first-order valence-corrected chi connectivity index (χ1v) is 6.52. The van der Waals surface area contributed by atoms with Crippen molar-refractivity contribution in [2.45, 2.75) is 38.5 Å². The van der Waals surface area contributed by atoms with Gasteiger partial charge in [-0.05, 0) is 38.6 Å². The lowest BCUT2D eigenvalue weighted by Gasteiger charge is -2.21. The van der Waals surface area contributed by atoms with E-state index in [-0.39, 0.29) is 0 Å². The van der Waals surface area contributed by atoms with Crippen LogP contribution in [0.3, 0.4) is 0 Å². The van der Waals surface area contributed by atoms with Crippen LogP contribution < -0.4 is 5.32 Å². The highest BCUT2D eigenvalue weighted by Crippen LogP contribution is 2.20. The van der Waals surface area contributed by atoms with E-state index in [4.69, 9.17) is 0 Å². The zero-order valence-corrected chi connectivity index (χ0v) is 10.0. The summed E-state index contributed by atoms with van der Waals surface area (Å²) in [7, 11) is 0. The molecular formula is C13H22N2O. The Morgan fingerprint density at radius 3 is 3.00 bits per heavy atom. The van der Waals surface area contributed by atoms with Crippen LogP contribution >= 0.6 is 0 Å². The molecule has 0 bridgehead atoms. The molecule has 0 aromatic heterocycles. The van der Waals surface area contributed by atoms with Crippen molar-refractivity contribution in [1.29, 1.82) is 0 Å². The number of carbonyl (C=O) groups excluding carboxylic acids is 1. The lowest BCUT2D eigenvalue weighted by Crippen LogP contribution is -2.34. The normalized spacial score (nSPS) is 22.5. The molecule has 1 aliphatic heterocycles. The summed E-state index contributed by atoms with van der Waals surface area (Å²) in [6.07, 6.45) is 8.90. The zero-order valence-electron chi connectivity index (χ0n) is 10.0. The minimum Gasteiger partial charge on any atom is -0.341 e. The number of amides is 1. The second-order valence-electron chi connectivity index (χ2n) is 4.77. The monoisotopic (exact) mass is 222 g/mol. The van der Waals surface area contributed by atoms with Gasteiger partial charge in [0.05, 0.1) is 0 Å². The summed E-state index contributed by atoms with van der Waals surface area (Å²) >= 11 is 0. The van der Waals surface area contributed by atoms with Gasteiger partial charge in [-0.1, -0.05) is 11.6 Å². The second kappa shape index (κ2) is 6.04. The van der Waals surface area contributed by atoms with Gasteiger partial charge in [0, 0.05) is 26.1 Å². The third-order valence-corrected chi connectivity index (χ3v) is 3.46. The summed E-state index contributed by atoms with van der Waals surface area (Å²) in [6.45, 7) is 3.81. The molecule has 1 amide bonds. The van der Waals surface area contributed by atoms with E-state index in [0.29, 0.717) is 12.3 Å². The van der Waals surface area contributed by atoms with E-state index >= 15 is 0 Å². The Labute approximate surface area is 97.9 Å². The van der Waals surface area contributed by atoms with Gasteiger partial charge in [-0.2, -0.15) is 0 Å². The van der Waals surface area contributed by atoms with Gasteiger partial charge >= 0.3 is 0 Å². The van der Waals surface area contributed by atoms with Crippen molar-refractivity contribution in [2.24, 2.45) is 0 Å². The minimum atomic E-state index is 0.330. The van der Waals surface area contributed by atoms with Crippen LogP contribution in [0.4, 0.5) is 0 Å². The zero-order chi connectivity index (χ0) is 11.2. The predicted molar refractivity (Wildman–Crippen MR) is 65.2 cm³/mol. The highest BCUT2D eigenvalue weighted by molar-refractivity contribution is 5.78. The minimum absolute atomic E-state index is 0.330. The molecule has 0 aromatic carbocycles. The van der Waals surface area contributed by atoms with Crippen LogP contribution in [0.1, 0.15) is 38.5 Å². The van der Waals surface area contributed by atoms with Crippen LogP contribution in [-0.4, -0.2) is 37.0 Å². The van der Waals surface area contributed by atoms with Crippen LogP contribution in [0, 0.1) is 0 Å². The molecule has 2 rings (SSSR count). The summed E-state index contributed by atoms with van der Waals surface area (Å²) < 4.78 is 0. The maximum absolute atomic E-state index is 12.1. The van der Waals surface area contributed by atoms with Gasteiger partial charge in [-0.3, -0.25) is 4.79 Å².